The van der Waals surface area contributed by atoms with Crippen LogP contribution in [0.25, 0.3) is 0 Å². The maximum absolute atomic E-state index is 6.65. The summed E-state index contributed by atoms with van der Waals surface area (Å²) in [6.45, 7) is 0. The van der Waals surface area contributed by atoms with E-state index in [1.165, 1.54) is 0 Å². The fourth-order valence-electron chi connectivity index (χ4n) is 0.284. The van der Waals surface area contributed by atoms with Crippen molar-refractivity contribution in [3.05, 3.63) is 11.2 Å². The van der Waals surface area contributed by atoms with Crippen molar-refractivity contribution in [3.63, 3.8) is 0 Å². The van der Waals surface area contributed by atoms with Crippen LogP contribution in [-0.4, -0.2) is 25.2 Å². The van der Waals surface area contributed by atoms with Crippen LogP contribution in [0.5, 0.6) is 0 Å². The number of halogens is 2. The molecule has 0 radical (unpaired) electrons. The monoisotopic (exact) mass is 168 g/mol. The lowest BCUT2D eigenvalue weighted by Crippen LogP contribution is -2.01. The summed E-state index contributed by atoms with van der Waals surface area (Å²) in [5.74, 6) is 0. The molecular weight excluding hydrogens is 159 g/mol. The van der Waals surface area contributed by atoms with Crippen molar-refractivity contribution in [1.82, 2.24) is 4.90 Å². The van der Waals surface area contributed by atoms with Gasteiger partial charge in [-0.25, -0.2) is 0 Å². The average molecular weight is 169 g/mol. The van der Waals surface area contributed by atoms with E-state index >= 15 is 0 Å². The van der Waals surface area contributed by atoms with Gasteiger partial charge in [-0.3, -0.25) is 0 Å². The summed E-state index contributed by atoms with van der Waals surface area (Å²) >= 11 is 5.44. The van der Waals surface area contributed by atoms with Crippen molar-refractivity contribution in [2.75, 3.05) is 14.1 Å². The molecule has 1 N–H and O–H groups in total. The Kier molecular flexibility index (Phi) is 7.61. The molecule has 0 unspecified atom stereocenters. The molecule has 0 rings (SSSR count). The lowest BCUT2D eigenvalue weighted by atomic mass is 10.6. The predicted octanol–water partition coefficient (Wildman–Crippen LogP) is 1.70. The first-order chi connectivity index (χ1) is 3.66. The number of nitrogens with zero attached hydrogens (tertiary/aromatic N) is 1. The molecule has 54 valence electrons. The normalized spacial score (nSPS) is 9.89. The maximum atomic E-state index is 6.65. The number of allylic oxidation sites excluding steroid dienone is 1. The summed E-state index contributed by atoms with van der Waals surface area (Å²) in [5.41, 5.74) is 0. The molecule has 0 aromatic carbocycles. The van der Waals surface area contributed by atoms with Crippen LogP contribution in [0.15, 0.2) is 11.2 Å². The molecule has 0 aliphatic carbocycles. The van der Waals surface area contributed by atoms with Gasteiger partial charge in [0.1, 0.15) is 0 Å². The van der Waals surface area contributed by atoms with Gasteiger partial charge in [-0.2, -0.15) is 0 Å². The quantitative estimate of drug-likeness (QED) is 0.625. The minimum absolute atomic E-state index is 0. The lowest BCUT2D eigenvalue weighted by molar-refractivity contribution is 0.563. The third-order valence-corrected chi connectivity index (χ3v) is 0.726. The first kappa shape index (κ1) is 11.6. The van der Waals surface area contributed by atoms with Crippen molar-refractivity contribution >= 4 is 30.2 Å². The molecular formula is C5H10Cl2N2. The molecule has 0 bridgehead atoms. The third kappa shape index (κ3) is 7.79. The number of hydrogen-bond acceptors (Lipinski definition) is 2. The Balaban J connectivity index is 0. The molecule has 0 aromatic heterocycles. The predicted molar refractivity (Wildman–Crippen MR) is 43.7 cm³/mol. The van der Waals surface area contributed by atoms with Gasteiger partial charge < -0.3 is 10.3 Å². The minimum atomic E-state index is 0. The molecule has 9 heavy (non-hydrogen) atoms. The molecule has 0 spiro atoms. The van der Waals surface area contributed by atoms with E-state index in [2.05, 4.69) is 0 Å². The summed E-state index contributed by atoms with van der Waals surface area (Å²) in [7, 11) is 3.71. The van der Waals surface area contributed by atoms with Crippen molar-refractivity contribution in [3.8, 4) is 0 Å². The van der Waals surface area contributed by atoms with Crippen LogP contribution in [0.3, 0.4) is 0 Å². The van der Waals surface area contributed by atoms with Gasteiger partial charge in [0, 0.05) is 26.5 Å². The highest BCUT2D eigenvalue weighted by molar-refractivity contribution is 6.38. The molecule has 0 amide bonds. The molecule has 0 aliphatic heterocycles. The zero-order chi connectivity index (χ0) is 6.57. The summed E-state index contributed by atoms with van der Waals surface area (Å²) < 4.78 is 0. The fourth-order valence-corrected chi connectivity index (χ4v) is 0.479. The van der Waals surface area contributed by atoms with Crippen molar-refractivity contribution in [2.45, 2.75) is 0 Å². The van der Waals surface area contributed by atoms with Gasteiger partial charge in [0.15, 0.2) is 0 Å². The topological polar surface area (TPSA) is 27.1 Å². The molecule has 0 fully saturated rings. The van der Waals surface area contributed by atoms with E-state index in [0.717, 1.165) is 6.21 Å². The molecule has 0 saturated heterocycles. The molecule has 0 aliphatic rings. The average Bonchev–Trinajstić information content (AvgIpc) is 1.65. The first-order valence-corrected chi connectivity index (χ1v) is 2.59. The van der Waals surface area contributed by atoms with Gasteiger partial charge in [-0.05, 0) is 0 Å². The Morgan fingerprint density at radius 1 is 1.56 bits per heavy atom. The second kappa shape index (κ2) is 5.92. The van der Waals surface area contributed by atoms with Crippen LogP contribution < -0.4 is 0 Å². The smallest absolute Gasteiger partial charge is 0.0739 e. The van der Waals surface area contributed by atoms with Crippen LogP contribution in [0.2, 0.25) is 0 Å². The second-order valence-corrected chi connectivity index (χ2v) is 2.06. The first-order valence-electron chi connectivity index (χ1n) is 2.21. The number of hydrogen-bond donors (Lipinski definition) is 1. The van der Waals surface area contributed by atoms with E-state index in [1.54, 1.807) is 11.1 Å². The van der Waals surface area contributed by atoms with E-state index < -0.39 is 0 Å². The van der Waals surface area contributed by atoms with E-state index in [4.69, 9.17) is 17.0 Å². The van der Waals surface area contributed by atoms with Crippen molar-refractivity contribution in [1.29, 1.82) is 5.41 Å². The maximum Gasteiger partial charge on any atom is 0.0739 e. The summed E-state index contributed by atoms with van der Waals surface area (Å²) in [4.78, 5) is 1.79. The Hall–Kier alpha value is -0.210. The molecule has 0 atom stereocenters. The van der Waals surface area contributed by atoms with Crippen LogP contribution in [0.4, 0.5) is 0 Å². The summed E-state index contributed by atoms with van der Waals surface area (Å²) in [5, 5.41) is 7.09. The number of nitrogens with one attached hydrogen (secondary N) is 1. The van der Waals surface area contributed by atoms with Gasteiger partial charge in [0.25, 0.3) is 0 Å². The Morgan fingerprint density at radius 3 is 2.11 bits per heavy atom. The number of rotatable bonds is 2. The lowest BCUT2D eigenvalue weighted by Gasteiger charge is -2.02. The molecule has 0 heterocycles. The van der Waals surface area contributed by atoms with Crippen LogP contribution in [0, 0.1) is 5.41 Å². The summed E-state index contributed by atoms with van der Waals surface area (Å²) in [6, 6.07) is 0. The zero-order valence-corrected chi connectivity index (χ0v) is 6.96. The van der Waals surface area contributed by atoms with Gasteiger partial charge in [0.05, 0.1) is 5.03 Å². The largest absolute Gasteiger partial charge is 0.382 e. The second-order valence-electron chi connectivity index (χ2n) is 1.62. The molecule has 4 heteroatoms. The standard InChI is InChI=1S/C5H9ClN2.ClH/c1-8(2)4-5(6)3-7;/h3-4,7H,1-2H3;1H/b5-4-,7-3?;. The van der Waals surface area contributed by atoms with Crippen LogP contribution >= 0.6 is 24.0 Å². The molecule has 2 nitrogen and oxygen atoms in total. The Morgan fingerprint density at radius 2 is 2.00 bits per heavy atom. The van der Waals surface area contributed by atoms with E-state index in [9.17, 15) is 0 Å². The highest BCUT2D eigenvalue weighted by atomic mass is 35.5. The SMILES string of the molecule is CN(C)/C=C(\Cl)C=N.Cl. The van der Waals surface area contributed by atoms with Crippen molar-refractivity contribution < 1.29 is 0 Å². The van der Waals surface area contributed by atoms with Crippen LogP contribution in [-0.2, 0) is 0 Å². The summed E-state index contributed by atoms with van der Waals surface area (Å²) in [6.07, 6.45) is 2.76. The van der Waals surface area contributed by atoms with Gasteiger partial charge in [-0.15, -0.1) is 12.4 Å². The van der Waals surface area contributed by atoms with Gasteiger partial charge >= 0.3 is 0 Å². The minimum Gasteiger partial charge on any atom is -0.382 e. The zero-order valence-electron chi connectivity index (χ0n) is 5.39. The third-order valence-electron chi connectivity index (χ3n) is 0.519. The van der Waals surface area contributed by atoms with Crippen LogP contribution in [0.1, 0.15) is 0 Å². The van der Waals surface area contributed by atoms with E-state index in [1.807, 2.05) is 14.1 Å². The highest BCUT2D eigenvalue weighted by Crippen LogP contribution is 1.95. The van der Waals surface area contributed by atoms with Crippen molar-refractivity contribution in [2.24, 2.45) is 0 Å². The van der Waals surface area contributed by atoms with E-state index in [0.29, 0.717) is 5.03 Å². The Labute approximate surface area is 66.4 Å². The van der Waals surface area contributed by atoms with E-state index in [-0.39, 0.29) is 12.4 Å². The van der Waals surface area contributed by atoms with Gasteiger partial charge in [0.2, 0.25) is 0 Å². The van der Waals surface area contributed by atoms with Gasteiger partial charge in [-0.1, -0.05) is 11.6 Å². The fraction of sp³-hybridized carbons (Fsp3) is 0.400. The molecule has 0 aromatic rings. The highest BCUT2D eigenvalue weighted by Gasteiger charge is 1.82. The Bertz CT molecular complexity index is 110. The molecule has 0 saturated carbocycles.